The Morgan fingerprint density at radius 1 is 1.06 bits per heavy atom. The smallest absolute Gasteiger partial charge is 0.330 e. The van der Waals surface area contributed by atoms with Gasteiger partial charge in [-0.1, -0.05) is 64.0 Å². The molecule has 4 amide bonds. The summed E-state index contributed by atoms with van der Waals surface area (Å²) in [4.78, 5) is 67.5. The minimum atomic E-state index is -3.89. The molecule has 1 aliphatic carbocycles. The Bertz CT molecular complexity index is 2600. The van der Waals surface area contributed by atoms with Crippen molar-refractivity contribution in [3.63, 3.8) is 0 Å². The number of methoxy groups -OCH3 is 1. The van der Waals surface area contributed by atoms with Crippen LogP contribution >= 0.6 is 11.3 Å². The molecule has 7 rings (SSSR count). The summed E-state index contributed by atoms with van der Waals surface area (Å²) in [5, 5.41) is 25.7. The van der Waals surface area contributed by atoms with Crippen LogP contribution in [0.5, 0.6) is 11.5 Å². The van der Waals surface area contributed by atoms with E-state index in [-0.39, 0.29) is 43.3 Å². The number of aliphatic carboxylic acids is 1. The molecule has 2 aliphatic heterocycles. The average molecular weight is 959 g/mol. The normalized spacial score (nSPS) is 23.6. The zero-order valence-corrected chi connectivity index (χ0v) is 40.7. The lowest BCUT2D eigenvalue weighted by Gasteiger charge is -2.35. The van der Waals surface area contributed by atoms with Crippen LogP contribution < -0.4 is 30.7 Å². The van der Waals surface area contributed by atoms with E-state index >= 15 is 0 Å². The number of nitrogens with one attached hydrogen (secondary N) is 4. The van der Waals surface area contributed by atoms with Gasteiger partial charge in [-0.3, -0.25) is 9.59 Å². The molecular formula is C48H62N8O9S2. The Kier molecular flexibility index (Phi) is 14.8. The Balaban J connectivity index is 1.18. The number of carboxylic acids is 1. The summed E-state index contributed by atoms with van der Waals surface area (Å²) < 4.78 is 40.5. The minimum Gasteiger partial charge on any atom is -0.497 e. The van der Waals surface area contributed by atoms with E-state index in [9.17, 15) is 32.7 Å². The summed E-state index contributed by atoms with van der Waals surface area (Å²) in [6.07, 6.45) is 6.28. The van der Waals surface area contributed by atoms with E-state index in [1.165, 1.54) is 39.7 Å². The number of rotatable bonds is 13. The van der Waals surface area contributed by atoms with Gasteiger partial charge in [0.1, 0.15) is 40.9 Å². The van der Waals surface area contributed by atoms with Gasteiger partial charge in [-0.25, -0.2) is 28.0 Å². The van der Waals surface area contributed by atoms with Gasteiger partial charge in [0.25, 0.3) is 0 Å². The second kappa shape index (κ2) is 20.2. The summed E-state index contributed by atoms with van der Waals surface area (Å²) >= 11 is 1.45. The van der Waals surface area contributed by atoms with Crippen LogP contribution in [0.2, 0.25) is 0 Å². The van der Waals surface area contributed by atoms with E-state index in [1.807, 2.05) is 58.2 Å². The van der Waals surface area contributed by atoms with Crippen molar-refractivity contribution in [2.45, 2.75) is 120 Å². The SMILES string of the molecule is COc1ccc2c(O[C@@H]3C[C@H]4C(=O)N[C@]5(C(=O)O)CC5/C=C\CCCCC[C@H](NC(=O)NC(CN(C)S(=O)(=O)c5ccccc5)C(C)(C)C)C(=O)N4C3)cc(-c3csc(NC(C)C)n3)nc2c1. The summed E-state index contributed by atoms with van der Waals surface area (Å²) in [5.74, 6) is -1.71. The van der Waals surface area contributed by atoms with E-state index < -0.39 is 74.9 Å². The van der Waals surface area contributed by atoms with Crippen molar-refractivity contribution in [2.24, 2.45) is 11.3 Å². The summed E-state index contributed by atoms with van der Waals surface area (Å²) in [5.41, 5.74) is -0.407. The molecule has 17 nitrogen and oxygen atoms in total. The molecule has 2 unspecified atom stereocenters. The highest BCUT2D eigenvalue weighted by molar-refractivity contribution is 7.89. The number of nitrogens with zero attached hydrogens (tertiary/aromatic N) is 4. The maximum Gasteiger partial charge on any atom is 0.330 e. The molecule has 2 fully saturated rings. The van der Waals surface area contributed by atoms with Crippen LogP contribution in [-0.4, -0.2) is 120 Å². The number of sulfonamides is 1. The molecule has 1 saturated heterocycles. The van der Waals surface area contributed by atoms with Crippen molar-refractivity contribution in [1.82, 2.24) is 35.1 Å². The molecule has 0 spiro atoms. The van der Waals surface area contributed by atoms with Gasteiger partial charge < -0.3 is 40.7 Å². The number of anilines is 1. The molecule has 3 aliphatic rings. The van der Waals surface area contributed by atoms with Gasteiger partial charge in [-0.2, -0.15) is 4.31 Å². The van der Waals surface area contributed by atoms with Gasteiger partial charge in [0.15, 0.2) is 5.13 Å². The van der Waals surface area contributed by atoms with Crippen LogP contribution in [0.4, 0.5) is 9.93 Å². The zero-order valence-electron chi connectivity index (χ0n) is 39.1. The lowest BCUT2D eigenvalue weighted by atomic mass is 9.87. The number of pyridine rings is 1. The van der Waals surface area contributed by atoms with Crippen LogP contribution in [0.25, 0.3) is 22.3 Å². The fraction of sp³-hybridized carbons (Fsp3) is 0.500. The first kappa shape index (κ1) is 49.1. The van der Waals surface area contributed by atoms with E-state index in [0.717, 1.165) is 18.0 Å². The highest BCUT2D eigenvalue weighted by Gasteiger charge is 2.61. The Morgan fingerprint density at radius 2 is 1.82 bits per heavy atom. The van der Waals surface area contributed by atoms with Gasteiger partial charge in [0.2, 0.25) is 21.8 Å². The number of carbonyl (C=O) groups is 4. The minimum absolute atomic E-state index is 0.0233. The number of allylic oxidation sites excluding steroid dienone is 1. The third-order valence-electron chi connectivity index (χ3n) is 12.6. The maximum atomic E-state index is 15.0. The summed E-state index contributed by atoms with van der Waals surface area (Å²) in [7, 11) is -0.866. The lowest BCUT2D eigenvalue weighted by molar-refractivity contribution is -0.145. The first-order valence-corrected chi connectivity index (χ1v) is 25.1. The third-order valence-corrected chi connectivity index (χ3v) is 15.2. The van der Waals surface area contributed by atoms with E-state index in [1.54, 1.807) is 43.5 Å². The molecular weight excluding hydrogens is 897 g/mol. The number of carboxylic acid groups (broad SMARTS) is 1. The van der Waals surface area contributed by atoms with Gasteiger partial charge in [-0.05, 0) is 69.2 Å². The second-order valence-electron chi connectivity index (χ2n) is 19.0. The first-order valence-electron chi connectivity index (χ1n) is 22.8. The largest absolute Gasteiger partial charge is 0.497 e. The van der Waals surface area contributed by atoms with Crippen molar-refractivity contribution in [3.8, 4) is 22.9 Å². The number of benzene rings is 2. The summed E-state index contributed by atoms with van der Waals surface area (Å²) in [6, 6.07) is 11.8. The predicted octanol–water partition coefficient (Wildman–Crippen LogP) is 6.42. The number of hydrogen-bond acceptors (Lipinski definition) is 12. The molecule has 360 valence electrons. The van der Waals surface area contributed by atoms with Crippen molar-refractivity contribution >= 4 is 61.2 Å². The quantitative estimate of drug-likeness (QED) is 0.0917. The van der Waals surface area contributed by atoms with Crippen LogP contribution in [0.1, 0.15) is 79.6 Å². The number of aromatic nitrogens is 2. The molecule has 2 aromatic carbocycles. The Hall–Kier alpha value is -5.79. The maximum absolute atomic E-state index is 15.0. The third kappa shape index (κ3) is 11.3. The number of fused-ring (bicyclic) bond motifs is 3. The van der Waals surface area contributed by atoms with Gasteiger partial charge in [0, 0.05) is 60.9 Å². The molecule has 6 atom stereocenters. The Morgan fingerprint density at radius 3 is 2.52 bits per heavy atom. The van der Waals surface area contributed by atoms with E-state index in [4.69, 9.17) is 19.4 Å². The van der Waals surface area contributed by atoms with Gasteiger partial charge >= 0.3 is 12.0 Å². The van der Waals surface area contributed by atoms with Crippen LogP contribution in [-0.2, 0) is 24.4 Å². The average Bonchev–Trinajstić information content (AvgIpc) is 3.54. The molecule has 5 N–H and O–H groups in total. The standard InChI is InChI=1S/C48H62N8O9S2/c1-29(2)49-46-52-38(28-66-46)37-24-40(34-21-20-31(64-7)22-36(34)50-37)65-32-23-39-42(57)54-48(44(59)60)25-30(48)16-12-9-8-10-15-19-35(43(58)56(39)26-32)51-45(61)53-41(47(3,4)5)27-55(6)67(62,63)33-17-13-11-14-18-33/h11-14,16-18,20-22,24,28-30,32,35,39,41H,8-10,15,19,23,25-27H2,1-7H3,(H,49,52)(H,54,57)(H,59,60)(H2,51,53,61)/b16-12-/t30?,32-,35+,39+,41?,48-/m1/s1. The molecule has 4 aromatic rings. The number of hydrogen-bond donors (Lipinski definition) is 5. The van der Waals surface area contributed by atoms with Crippen LogP contribution in [0, 0.1) is 11.3 Å². The second-order valence-corrected chi connectivity index (χ2v) is 21.9. The fourth-order valence-electron chi connectivity index (χ4n) is 8.58. The molecule has 19 heteroatoms. The van der Waals surface area contributed by atoms with Gasteiger partial charge in [0.05, 0.1) is 29.8 Å². The molecule has 0 bridgehead atoms. The first-order chi connectivity index (χ1) is 31.8. The zero-order chi connectivity index (χ0) is 48.3. The lowest BCUT2D eigenvalue weighted by Crippen LogP contribution is -2.59. The van der Waals surface area contributed by atoms with Crippen molar-refractivity contribution in [3.05, 3.63) is 72.1 Å². The predicted molar refractivity (Wildman–Crippen MR) is 256 cm³/mol. The number of thiazole rings is 1. The molecule has 4 heterocycles. The molecule has 67 heavy (non-hydrogen) atoms. The van der Waals surface area contributed by atoms with Crippen LogP contribution in [0.15, 0.2) is 77.0 Å². The van der Waals surface area contributed by atoms with Crippen molar-refractivity contribution < 1.29 is 42.2 Å². The number of likely N-dealkylation sites (N-methyl/N-ethyl adjacent to an activating group) is 1. The van der Waals surface area contributed by atoms with E-state index in [0.29, 0.717) is 46.6 Å². The monoisotopic (exact) mass is 958 g/mol. The highest BCUT2D eigenvalue weighted by atomic mass is 32.2. The molecule has 1 saturated carbocycles. The van der Waals surface area contributed by atoms with Crippen LogP contribution in [0.3, 0.4) is 0 Å². The highest BCUT2D eigenvalue weighted by Crippen LogP contribution is 2.46. The number of carbonyl (C=O) groups excluding carboxylic acids is 3. The van der Waals surface area contributed by atoms with Crippen molar-refractivity contribution in [1.29, 1.82) is 0 Å². The molecule has 2 aromatic heterocycles. The van der Waals surface area contributed by atoms with Crippen molar-refractivity contribution in [2.75, 3.05) is 32.6 Å². The number of ether oxygens (including phenoxy) is 2. The van der Waals surface area contributed by atoms with Gasteiger partial charge in [-0.15, -0.1) is 11.3 Å². The molecule has 0 radical (unpaired) electrons. The number of amides is 4. The topological polar surface area (TPSA) is 221 Å². The fourth-order valence-corrected chi connectivity index (χ4v) is 10.6. The number of urea groups is 1. The summed E-state index contributed by atoms with van der Waals surface area (Å²) in [6.45, 7) is 9.59. The Labute approximate surface area is 396 Å². The van der Waals surface area contributed by atoms with E-state index in [2.05, 4.69) is 21.3 Å².